The van der Waals surface area contributed by atoms with Crippen molar-refractivity contribution in [2.45, 2.75) is 26.3 Å². The van der Waals surface area contributed by atoms with E-state index in [4.69, 9.17) is 10.5 Å². The standard InChI is InChI=1S/C15H25N3O2/c1-12(2)17-15(19)11-18(10-4-9-16)13-5-7-14(20-3)8-6-13/h5-8,12H,4,9-11,16H2,1-3H3,(H,17,19). The van der Waals surface area contributed by atoms with E-state index in [-0.39, 0.29) is 11.9 Å². The molecule has 0 saturated carbocycles. The van der Waals surface area contributed by atoms with Gasteiger partial charge in [-0.2, -0.15) is 0 Å². The van der Waals surface area contributed by atoms with Gasteiger partial charge in [0, 0.05) is 18.3 Å². The molecule has 0 aliphatic carbocycles. The Morgan fingerprint density at radius 2 is 2.00 bits per heavy atom. The molecule has 3 N–H and O–H groups in total. The molecule has 20 heavy (non-hydrogen) atoms. The third kappa shape index (κ3) is 5.48. The van der Waals surface area contributed by atoms with Crippen molar-refractivity contribution in [1.29, 1.82) is 0 Å². The van der Waals surface area contributed by atoms with Crippen LogP contribution in [0.15, 0.2) is 24.3 Å². The van der Waals surface area contributed by atoms with Gasteiger partial charge >= 0.3 is 0 Å². The molecule has 1 amide bonds. The molecule has 0 fully saturated rings. The van der Waals surface area contributed by atoms with Gasteiger partial charge in [0.25, 0.3) is 0 Å². The number of anilines is 1. The number of nitrogens with one attached hydrogen (secondary N) is 1. The summed E-state index contributed by atoms with van der Waals surface area (Å²) < 4.78 is 5.15. The Bertz CT molecular complexity index is 404. The maximum atomic E-state index is 11.9. The minimum atomic E-state index is 0.0211. The summed E-state index contributed by atoms with van der Waals surface area (Å²) >= 11 is 0. The highest BCUT2D eigenvalue weighted by atomic mass is 16.5. The van der Waals surface area contributed by atoms with Crippen LogP contribution in [0.4, 0.5) is 5.69 Å². The van der Waals surface area contributed by atoms with Crippen LogP contribution in [-0.2, 0) is 4.79 Å². The Morgan fingerprint density at radius 1 is 1.35 bits per heavy atom. The second-order valence-electron chi connectivity index (χ2n) is 4.98. The zero-order chi connectivity index (χ0) is 15.0. The van der Waals surface area contributed by atoms with Gasteiger partial charge in [0.2, 0.25) is 5.91 Å². The lowest BCUT2D eigenvalue weighted by atomic mass is 10.2. The van der Waals surface area contributed by atoms with Gasteiger partial charge in [-0.05, 0) is 51.1 Å². The SMILES string of the molecule is COc1ccc(N(CCCN)CC(=O)NC(C)C)cc1. The Labute approximate surface area is 121 Å². The van der Waals surface area contributed by atoms with Gasteiger partial charge in [-0.15, -0.1) is 0 Å². The summed E-state index contributed by atoms with van der Waals surface area (Å²) in [6, 6.07) is 7.85. The smallest absolute Gasteiger partial charge is 0.239 e. The van der Waals surface area contributed by atoms with Gasteiger partial charge in [-0.25, -0.2) is 0 Å². The summed E-state index contributed by atoms with van der Waals surface area (Å²) in [5.41, 5.74) is 6.56. The number of nitrogens with two attached hydrogens (primary N) is 1. The Morgan fingerprint density at radius 3 is 2.50 bits per heavy atom. The third-order valence-corrected chi connectivity index (χ3v) is 2.85. The number of methoxy groups -OCH3 is 1. The average Bonchev–Trinajstić information content (AvgIpc) is 2.42. The van der Waals surface area contributed by atoms with Gasteiger partial charge in [-0.1, -0.05) is 0 Å². The zero-order valence-corrected chi connectivity index (χ0v) is 12.6. The van der Waals surface area contributed by atoms with E-state index in [9.17, 15) is 4.79 Å². The number of nitrogens with zero attached hydrogens (tertiary/aromatic N) is 1. The number of ether oxygens (including phenoxy) is 1. The van der Waals surface area contributed by atoms with Crippen LogP contribution in [0.25, 0.3) is 0 Å². The number of hydrogen-bond donors (Lipinski definition) is 2. The van der Waals surface area contributed by atoms with Crippen molar-refractivity contribution >= 4 is 11.6 Å². The largest absolute Gasteiger partial charge is 0.497 e. The first-order valence-electron chi connectivity index (χ1n) is 6.95. The molecule has 5 nitrogen and oxygen atoms in total. The number of rotatable bonds is 8. The van der Waals surface area contributed by atoms with E-state index in [1.807, 2.05) is 43.0 Å². The van der Waals surface area contributed by atoms with Gasteiger partial charge < -0.3 is 20.7 Å². The van der Waals surface area contributed by atoms with E-state index >= 15 is 0 Å². The van der Waals surface area contributed by atoms with E-state index in [1.165, 1.54) is 0 Å². The molecular weight excluding hydrogens is 254 g/mol. The van der Waals surface area contributed by atoms with Crippen LogP contribution in [0.3, 0.4) is 0 Å². The molecule has 0 bridgehead atoms. The highest BCUT2D eigenvalue weighted by Gasteiger charge is 2.12. The van der Waals surface area contributed by atoms with E-state index < -0.39 is 0 Å². The van der Waals surface area contributed by atoms with Gasteiger partial charge in [0.05, 0.1) is 13.7 Å². The number of carbonyl (C=O) groups is 1. The molecule has 0 saturated heterocycles. The predicted molar refractivity (Wildman–Crippen MR) is 82.2 cm³/mol. The topological polar surface area (TPSA) is 67.6 Å². The molecule has 1 rings (SSSR count). The van der Waals surface area contributed by atoms with Crippen molar-refractivity contribution in [2.75, 3.05) is 31.6 Å². The lowest BCUT2D eigenvalue weighted by Crippen LogP contribution is -2.40. The Hall–Kier alpha value is -1.75. The van der Waals surface area contributed by atoms with Crippen LogP contribution in [0.5, 0.6) is 5.75 Å². The molecule has 0 aromatic heterocycles. The van der Waals surface area contributed by atoms with Crippen LogP contribution < -0.4 is 20.7 Å². The van der Waals surface area contributed by atoms with Crippen molar-refractivity contribution < 1.29 is 9.53 Å². The summed E-state index contributed by atoms with van der Waals surface area (Å²) in [4.78, 5) is 13.9. The Balaban J connectivity index is 2.73. The van der Waals surface area contributed by atoms with E-state index in [0.717, 1.165) is 24.4 Å². The molecule has 0 aliphatic heterocycles. The fourth-order valence-corrected chi connectivity index (χ4v) is 1.92. The lowest BCUT2D eigenvalue weighted by Gasteiger charge is -2.24. The number of amides is 1. The van der Waals surface area contributed by atoms with Crippen molar-refractivity contribution in [3.63, 3.8) is 0 Å². The number of benzene rings is 1. The maximum absolute atomic E-state index is 11.9. The molecule has 0 atom stereocenters. The van der Waals surface area contributed by atoms with Crippen LogP contribution in [0, 0.1) is 0 Å². The maximum Gasteiger partial charge on any atom is 0.239 e. The minimum Gasteiger partial charge on any atom is -0.497 e. The second-order valence-corrected chi connectivity index (χ2v) is 4.98. The molecule has 0 aliphatic rings. The molecule has 0 heterocycles. The first-order chi connectivity index (χ1) is 9.56. The van der Waals surface area contributed by atoms with Gasteiger partial charge in [-0.3, -0.25) is 4.79 Å². The van der Waals surface area contributed by atoms with Crippen LogP contribution in [0.2, 0.25) is 0 Å². The zero-order valence-electron chi connectivity index (χ0n) is 12.6. The van der Waals surface area contributed by atoms with Crippen molar-refractivity contribution in [1.82, 2.24) is 5.32 Å². The monoisotopic (exact) mass is 279 g/mol. The van der Waals surface area contributed by atoms with Crippen LogP contribution in [0.1, 0.15) is 20.3 Å². The second kappa shape index (κ2) is 8.43. The third-order valence-electron chi connectivity index (χ3n) is 2.85. The molecule has 0 spiro atoms. The highest BCUT2D eigenvalue weighted by molar-refractivity contribution is 5.81. The summed E-state index contributed by atoms with van der Waals surface area (Å²) in [6.07, 6.45) is 0.848. The summed E-state index contributed by atoms with van der Waals surface area (Å²) in [5, 5.41) is 2.91. The van der Waals surface area contributed by atoms with Crippen molar-refractivity contribution in [3.8, 4) is 5.75 Å². The van der Waals surface area contributed by atoms with Crippen LogP contribution >= 0.6 is 0 Å². The summed E-state index contributed by atoms with van der Waals surface area (Å²) in [7, 11) is 1.64. The molecule has 112 valence electrons. The fraction of sp³-hybridized carbons (Fsp3) is 0.533. The van der Waals surface area contributed by atoms with Crippen LogP contribution in [-0.4, -0.2) is 38.7 Å². The summed E-state index contributed by atoms with van der Waals surface area (Å²) in [6.45, 7) is 5.61. The predicted octanol–water partition coefficient (Wildman–Crippen LogP) is 1.38. The minimum absolute atomic E-state index is 0.0211. The summed E-state index contributed by atoms with van der Waals surface area (Å²) in [5.74, 6) is 0.826. The first-order valence-corrected chi connectivity index (χ1v) is 6.95. The van der Waals surface area contributed by atoms with Gasteiger partial charge in [0.1, 0.15) is 5.75 Å². The van der Waals surface area contributed by atoms with Gasteiger partial charge in [0.15, 0.2) is 0 Å². The number of hydrogen-bond acceptors (Lipinski definition) is 4. The fourth-order valence-electron chi connectivity index (χ4n) is 1.92. The molecular formula is C15H25N3O2. The van der Waals surface area contributed by atoms with E-state index in [2.05, 4.69) is 5.32 Å². The van der Waals surface area contributed by atoms with Crippen molar-refractivity contribution in [3.05, 3.63) is 24.3 Å². The molecule has 0 radical (unpaired) electrons. The average molecular weight is 279 g/mol. The van der Waals surface area contributed by atoms with E-state index in [0.29, 0.717) is 13.1 Å². The highest BCUT2D eigenvalue weighted by Crippen LogP contribution is 2.19. The molecule has 1 aromatic carbocycles. The van der Waals surface area contributed by atoms with Crippen molar-refractivity contribution in [2.24, 2.45) is 5.73 Å². The number of carbonyl (C=O) groups excluding carboxylic acids is 1. The molecule has 0 unspecified atom stereocenters. The normalized spacial score (nSPS) is 10.4. The first kappa shape index (κ1) is 16.3. The van der Waals surface area contributed by atoms with E-state index in [1.54, 1.807) is 7.11 Å². The lowest BCUT2D eigenvalue weighted by molar-refractivity contribution is -0.120. The Kier molecular flexibility index (Phi) is 6.87. The quantitative estimate of drug-likeness (QED) is 0.754. The molecule has 5 heteroatoms. The molecule has 1 aromatic rings.